The van der Waals surface area contributed by atoms with Crippen molar-refractivity contribution in [1.29, 1.82) is 0 Å². The molecule has 17 heavy (non-hydrogen) atoms. The molecule has 0 spiro atoms. The Balaban J connectivity index is 1.76. The molecule has 0 atom stereocenters. The van der Waals surface area contributed by atoms with Crippen molar-refractivity contribution in [1.82, 2.24) is 4.90 Å². The summed E-state index contributed by atoms with van der Waals surface area (Å²) in [5.41, 5.74) is 7.97. The molecule has 1 aromatic rings. The fourth-order valence-corrected chi connectivity index (χ4v) is 2.40. The number of likely N-dealkylation sites (tertiary alicyclic amines) is 1. The molecular formula is C14H22N2O. The minimum atomic E-state index is 0.471. The summed E-state index contributed by atoms with van der Waals surface area (Å²) in [7, 11) is 1.81. The van der Waals surface area contributed by atoms with Crippen molar-refractivity contribution in [2.45, 2.75) is 25.4 Å². The van der Waals surface area contributed by atoms with Gasteiger partial charge < -0.3 is 15.4 Å². The van der Waals surface area contributed by atoms with E-state index in [0.29, 0.717) is 6.10 Å². The molecule has 0 unspecified atom stereocenters. The molecule has 0 aliphatic carbocycles. The van der Waals surface area contributed by atoms with Crippen molar-refractivity contribution in [3.05, 3.63) is 29.8 Å². The highest BCUT2D eigenvalue weighted by atomic mass is 16.5. The van der Waals surface area contributed by atoms with E-state index in [0.717, 1.165) is 44.6 Å². The molecule has 0 radical (unpaired) electrons. The zero-order valence-corrected chi connectivity index (χ0v) is 10.6. The summed E-state index contributed by atoms with van der Waals surface area (Å²) < 4.78 is 5.37. The second kappa shape index (κ2) is 6.03. The maximum absolute atomic E-state index is 5.77. The summed E-state index contributed by atoms with van der Waals surface area (Å²) in [6.07, 6.45) is 3.88. The van der Waals surface area contributed by atoms with Crippen molar-refractivity contribution in [3.63, 3.8) is 0 Å². The third-order valence-corrected chi connectivity index (χ3v) is 3.54. The molecule has 2 rings (SSSR count). The van der Waals surface area contributed by atoms with Gasteiger partial charge in [0.25, 0.3) is 0 Å². The number of nitrogen functional groups attached to an aromatic ring is 1. The number of nitrogens with zero attached hydrogens (tertiary/aromatic N) is 1. The van der Waals surface area contributed by atoms with Gasteiger partial charge in [-0.3, -0.25) is 0 Å². The van der Waals surface area contributed by atoms with Crippen LogP contribution >= 0.6 is 0 Å². The summed E-state index contributed by atoms with van der Waals surface area (Å²) in [5, 5.41) is 0. The van der Waals surface area contributed by atoms with E-state index in [1.54, 1.807) is 0 Å². The summed E-state index contributed by atoms with van der Waals surface area (Å²) in [6.45, 7) is 3.43. The van der Waals surface area contributed by atoms with Crippen LogP contribution in [0.25, 0.3) is 0 Å². The lowest BCUT2D eigenvalue weighted by Gasteiger charge is -2.31. The number of benzene rings is 1. The SMILES string of the molecule is COC1CCN(CCc2cccc(N)c2)CC1. The lowest BCUT2D eigenvalue weighted by atomic mass is 10.1. The smallest absolute Gasteiger partial charge is 0.0595 e. The van der Waals surface area contributed by atoms with Crippen molar-refractivity contribution in [2.75, 3.05) is 32.5 Å². The van der Waals surface area contributed by atoms with Gasteiger partial charge in [0.05, 0.1) is 6.10 Å². The lowest BCUT2D eigenvalue weighted by molar-refractivity contribution is 0.0415. The molecule has 2 N–H and O–H groups in total. The predicted octanol–water partition coefficient (Wildman–Crippen LogP) is 1.92. The van der Waals surface area contributed by atoms with E-state index in [1.165, 1.54) is 5.56 Å². The predicted molar refractivity (Wildman–Crippen MR) is 71.0 cm³/mol. The fraction of sp³-hybridized carbons (Fsp3) is 0.571. The number of methoxy groups -OCH3 is 1. The van der Waals surface area contributed by atoms with E-state index >= 15 is 0 Å². The van der Waals surface area contributed by atoms with Crippen molar-refractivity contribution >= 4 is 5.69 Å². The van der Waals surface area contributed by atoms with Gasteiger partial charge in [-0.2, -0.15) is 0 Å². The Hall–Kier alpha value is -1.06. The highest BCUT2D eigenvalue weighted by Crippen LogP contribution is 2.14. The Morgan fingerprint density at radius 3 is 2.76 bits per heavy atom. The first kappa shape index (κ1) is 12.4. The van der Waals surface area contributed by atoms with Crippen LogP contribution in [0.2, 0.25) is 0 Å². The Labute approximate surface area is 104 Å². The second-order valence-electron chi connectivity index (χ2n) is 4.77. The molecule has 1 aliphatic rings. The van der Waals surface area contributed by atoms with Gasteiger partial charge in [0.2, 0.25) is 0 Å². The van der Waals surface area contributed by atoms with Gasteiger partial charge >= 0.3 is 0 Å². The molecule has 1 heterocycles. The fourth-order valence-electron chi connectivity index (χ4n) is 2.40. The van der Waals surface area contributed by atoms with Crippen molar-refractivity contribution < 1.29 is 4.74 Å². The van der Waals surface area contributed by atoms with Gasteiger partial charge in [0, 0.05) is 32.4 Å². The second-order valence-corrected chi connectivity index (χ2v) is 4.77. The average Bonchev–Trinajstić information content (AvgIpc) is 2.37. The number of hydrogen-bond acceptors (Lipinski definition) is 3. The number of piperidine rings is 1. The summed E-state index contributed by atoms with van der Waals surface area (Å²) in [5.74, 6) is 0. The largest absolute Gasteiger partial charge is 0.399 e. The molecule has 0 bridgehead atoms. The zero-order valence-electron chi connectivity index (χ0n) is 10.6. The standard InChI is InChI=1S/C14H22N2O/c1-17-14-6-9-16(10-7-14)8-5-12-3-2-4-13(15)11-12/h2-4,11,14H,5-10,15H2,1H3. The molecule has 3 heteroatoms. The molecule has 94 valence electrons. The van der Waals surface area contributed by atoms with E-state index in [9.17, 15) is 0 Å². The van der Waals surface area contributed by atoms with Crippen LogP contribution in [0.15, 0.2) is 24.3 Å². The van der Waals surface area contributed by atoms with Gasteiger partial charge in [-0.1, -0.05) is 12.1 Å². The number of anilines is 1. The lowest BCUT2D eigenvalue weighted by Crippen LogP contribution is -2.37. The molecule has 3 nitrogen and oxygen atoms in total. The van der Waals surface area contributed by atoms with Gasteiger partial charge in [0.1, 0.15) is 0 Å². The Morgan fingerprint density at radius 1 is 1.35 bits per heavy atom. The first-order chi connectivity index (χ1) is 8.28. The topological polar surface area (TPSA) is 38.5 Å². The van der Waals surface area contributed by atoms with E-state index < -0.39 is 0 Å². The summed E-state index contributed by atoms with van der Waals surface area (Å²) >= 11 is 0. The minimum Gasteiger partial charge on any atom is -0.399 e. The van der Waals surface area contributed by atoms with E-state index in [2.05, 4.69) is 17.0 Å². The van der Waals surface area contributed by atoms with Crippen LogP contribution in [0.1, 0.15) is 18.4 Å². The van der Waals surface area contributed by atoms with Crippen LogP contribution in [-0.2, 0) is 11.2 Å². The molecule has 0 saturated carbocycles. The third kappa shape index (κ3) is 3.72. The zero-order chi connectivity index (χ0) is 12.1. The highest BCUT2D eigenvalue weighted by Gasteiger charge is 2.17. The Bertz CT molecular complexity index is 346. The molecule has 0 aromatic heterocycles. The van der Waals surface area contributed by atoms with Gasteiger partial charge in [0.15, 0.2) is 0 Å². The van der Waals surface area contributed by atoms with Crippen LogP contribution in [0.4, 0.5) is 5.69 Å². The Morgan fingerprint density at radius 2 is 2.12 bits per heavy atom. The van der Waals surface area contributed by atoms with E-state index in [4.69, 9.17) is 10.5 Å². The highest BCUT2D eigenvalue weighted by molar-refractivity contribution is 5.40. The van der Waals surface area contributed by atoms with E-state index in [-0.39, 0.29) is 0 Å². The van der Waals surface area contributed by atoms with Crippen LogP contribution in [-0.4, -0.2) is 37.7 Å². The summed E-state index contributed by atoms with van der Waals surface area (Å²) in [4.78, 5) is 2.51. The average molecular weight is 234 g/mol. The maximum atomic E-state index is 5.77. The maximum Gasteiger partial charge on any atom is 0.0595 e. The van der Waals surface area contributed by atoms with Crippen LogP contribution in [0, 0.1) is 0 Å². The molecular weight excluding hydrogens is 212 g/mol. The van der Waals surface area contributed by atoms with Crippen LogP contribution in [0.3, 0.4) is 0 Å². The van der Waals surface area contributed by atoms with Crippen molar-refractivity contribution in [3.8, 4) is 0 Å². The molecule has 1 aliphatic heterocycles. The molecule has 1 saturated heterocycles. The van der Waals surface area contributed by atoms with Crippen LogP contribution in [0.5, 0.6) is 0 Å². The molecule has 1 aromatic carbocycles. The normalized spacial score (nSPS) is 18.4. The van der Waals surface area contributed by atoms with Crippen molar-refractivity contribution in [2.24, 2.45) is 0 Å². The number of rotatable bonds is 4. The number of hydrogen-bond donors (Lipinski definition) is 1. The monoisotopic (exact) mass is 234 g/mol. The minimum absolute atomic E-state index is 0.471. The Kier molecular flexibility index (Phi) is 4.40. The number of ether oxygens (including phenoxy) is 1. The van der Waals surface area contributed by atoms with Crippen LogP contribution < -0.4 is 5.73 Å². The summed E-state index contributed by atoms with van der Waals surface area (Å²) in [6, 6.07) is 8.19. The molecule has 0 amide bonds. The first-order valence-electron chi connectivity index (χ1n) is 6.37. The van der Waals surface area contributed by atoms with E-state index in [1.807, 2.05) is 19.2 Å². The third-order valence-electron chi connectivity index (χ3n) is 3.54. The van der Waals surface area contributed by atoms with Gasteiger partial charge in [-0.15, -0.1) is 0 Å². The van der Waals surface area contributed by atoms with Gasteiger partial charge in [-0.25, -0.2) is 0 Å². The first-order valence-corrected chi connectivity index (χ1v) is 6.37. The van der Waals surface area contributed by atoms with Gasteiger partial charge in [-0.05, 0) is 37.0 Å². The number of nitrogens with two attached hydrogens (primary N) is 1. The quantitative estimate of drug-likeness (QED) is 0.809. The molecule has 1 fully saturated rings.